The second-order valence-corrected chi connectivity index (χ2v) is 10.0. The molecule has 0 spiro atoms. The van der Waals surface area contributed by atoms with Gasteiger partial charge in [-0.25, -0.2) is 0 Å². The third-order valence-electron chi connectivity index (χ3n) is 7.52. The van der Waals surface area contributed by atoms with E-state index in [1.807, 2.05) is 24.3 Å². The van der Waals surface area contributed by atoms with Gasteiger partial charge in [0.1, 0.15) is 0 Å². The zero-order chi connectivity index (χ0) is 25.0. The van der Waals surface area contributed by atoms with Crippen LogP contribution < -0.4 is 5.32 Å². The normalized spacial score (nSPS) is 19.7. The summed E-state index contributed by atoms with van der Waals surface area (Å²) in [6.07, 6.45) is 9.61. The van der Waals surface area contributed by atoms with E-state index in [0.29, 0.717) is 6.54 Å². The first-order valence-electron chi connectivity index (χ1n) is 13.1. The van der Waals surface area contributed by atoms with Crippen molar-refractivity contribution in [1.29, 1.82) is 0 Å². The lowest BCUT2D eigenvalue weighted by molar-refractivity contribution is -0.116. The predicted molar refractivity (Wildman–Crippen MR) is 149 cm³/mol. The molecule has 6 rings (SSSR count). The van der Waals surface area contributed by atoms with Gasteiger partial charge in [-0.15, -0.1) is 0 Å². The van der Waals surface area contributed by atoms with Crippen LogP contribution in [-0.4, -0.2) is 35.9 Å². The number of H-pyrrole nitrogens is 1. The third-order valence-corrected chi connectivity index (χ3v) is 7.52. The molecule has 2 aliphatic rings. The summed E-state index contributed by atoms with van der Waals surface area (Å²) in [4.78, 5) is 12.6. The molecular formula is C32H31N3O2. The second kappa shape index (κ2) is 10.6. The van der Waals surface area contributed by atoms with Crippen LogP contribution in [0, 0.1) is 5.92 Å². The van der Waals surface area contributed by atoms with E-state index in [-0.39, 0.29) is 11.8 Å². The molecular weight excluding hydrogens is 458 g/mol. The Labute approximate surface area is 217 Å². The fourth-order valence-corrected chi connectivity index (χ4v) is 5.39. The van der Waals surface area contributed by atoms with Crippen molar-refractivity contribution in [1.82, 2.24) is 15.5 Å². The zero-order valence-electron chi connectivity index (χ0n) is 20.8. The lowest BCUT2D eigenvalue weighted by Gasteiger charge is -2.21. The first-order valence-corrected chi connectivity index (χ1v) is 13.1. The smallest absolute Gasteiger partial charge is 0.247 e. The van der Waals surface area contributed by atoms with Crippen molar-refractivity contribution in [3.63, 3.8) is 0 Å². The maximum Gasteiger partial charge on any atom is 0.247 e. The van der Waals surface area contributed by atoms with Gasteiger partial charge in [0.05, 0.1) is 11.2 Å². The number of benzene rings is 3. The van der Waals surface area contributed by atoms with Crippen molar-refractivity contribution < 1.29 is 9.53 Å². The van der Waals surface area contributed by atoms with Crippen molar-refractivity contribution >= 4 is 35.0 Å². The Balaban J connectivity index is 1.17. The van der Waals surface area contributed by atoms with Gasteiger partial charge in [0.2, 0.25) is 5.91 Å². The first-order chi connectivity index (χ1) is 18.2. The summed E-state index contributed by atoms with van der Waals surface area (Å²) < 4.78 is 5.48. The Morgan fingerprint density at radius 3 is 2.51 bits per heavy atom. The van der Waals surface area contributed by atoms with Crippen LogP contribution in [0.5, 0.6) is 0 Å². The Kier molecular flexibility index (Phi) is 6.70. The van der Waals surface area contributed by atoms with Crippen molar-refractivity contribution in [2.45, 2.75) is 25.2 Å². The number of hydrogen-bond acceptors (Lipinski definition) is 3. The number of carbonyl (C=O) groups is 1. The quantitative estimate of drug-likeness (QED) is 0.327. The number of aromatic amines is 1. The van der Waals surface area contributed by atoms with Crippen LogP contribution in [0.25, 0.3) is 29.1 Å². The van der Waals surface area contributed by atoms with Crippen LogP contribution in [0.1, 0.15) is 46.7 Å². The van der Waals surface area contributed by atoms with Gasteiger partial charge in [0, 0.05) is 36.6 Å². The molecule has 0 aliphatic carbocycles. The number of nitrogens with zero attached hydrogens (tertiary/aromatic N) is 1. The van der Waals surface area contributed by atoms with Crippen LogP contribution in [0.2, 0.25) is 0 Å². The van der Waals surface area contributed by atoms with E-state index in [0.717, 1.165) is 77.3 Å². The molecule has 5 nitrogen and oxygen atoms in total. The number of carbonyl (C=O) groups excluding carboxylic acids is 1. The molecule has 1 unspecified atom stereocenters. The summed E-state index contributed by atoms with van der Waals surface area (Å²) in [5, 5.41) is 11.7. The van der Waals surface area contributed by atoms with Gasteiger partial charge in [-0.2, -0.15) is 5.10 Å². The van der Waals surface area contributed by atoms with Gasteiger partial charge in [-0.3, -0.25) is 9.89 Å². The first kappa shape index (κ1) is 23.4. The molecule has 0 radical (unpaired) electrons. The molecule has 2 N–H and O–H groups in total. The minimum absolute atomic E-state index is 0.000888. The zero-order valence-corrected chi connectivity index (χ0v) is 20.8. The Morgan fingerprint density at radius 2 is 1.70 bits per heavy atom. The van der Waals surface area contributed by atoms with Crippen molar-refractivity contribution in [2.24, 2.45) is 5.92 Å². The van der Waals surface area contributed by atoms with E-state index in [1.165, 1.54) is 5.56 Å². The maximum absolute atomic E-state index is 12.6. The topological polar surface area (TPSA) is 67.0 Å². The highest BCUT2D eigenvalue weighted by Gasteiger charge is 2.29. The second-order valence-electron chi connectivity index (χ2n) is 10.0. The summed E-state index contributed by atoms with van der Waals surface area (Å²) in [5.74, 6) is 0.798. The number of nitrogens with one attached hydrogen (secondary N) is 2. The Bertz CT molecular complexity index is 1440. The number of amides is 1. The van der Waals surface area contributed by atoms with Crippen LogP contribution in [-0.2, 0) is 16.0 Å². The van der Waals surface area contributed by atoms with Crippen LogP contribution in [0.4, 0.5) is 0 Å². The number of hydrogen-bond donors (Lipinski definition) is 2. The highest BCUT2D eigenvalue weighted by atomic mass is 16.5. The van der Waals surface area contributed by atoms with Gasteiger partial charge in [-0.1, -0.05) is 66.7 Å². The van der Waals surface area contributed by atoms with Gasteiger partial charge in [0.15, 0.2) is 0 Å². The molecule has 2 saturated heterocycles. The van der Waals surface area contributed by atoms with E-state index in [9.17, 15) is 4.79 Å². The number of aromatic nitrogens is 2. The molecule has 37 heavy (non-hydrogen) atoms. The average Bonchev–Trinajstić information content (AvgIpc) is 3.52. The number of ether oxygens (including phenoxy) is 1. The molecule has 3 heterocycles. The van der Waals surface area contributed by atoms with Gasteiger partial charge < -0.3 is 10.1 Å². The lowest BCUT2D eigenvalue weighted by Crippen LogP contribution is -2.17. The van der Waals surface area contributed by atoms with E-state index in [1.54, 1.807) is 0 Å². The highest BCUT2D eigenvalue weighted by Crippen LogP contribution is 2.31. The molecule has 1 aromatic heterocycles. The van der Waals surface area contributed by atoms with Crippen LogP contribution in [0.3, 0.4) is 0 Å². The van der Waals surface area contributed by atoms with E-state index in [4.69, 9.17) is 4.74 Å². The minimum atomic E-state index is 0.000888. The summed E-state index contributed by atoms with van der Waals surface area (Å²) in [6, 6.07) is 25.2. The fraction of sp³-hybridized carbons (Fsp3) is 0.250. The largest absolute Gasteiger partial charge is 0.381 e. The van der Waals surface area contributed by atoms with Crippen molar-refractivity contribution in [2.75, 3.05) is 19.8 Å². The van der Waals surface area contributed by atoms with E-state index >= 15 is 0 Å². The molecule has 1 amide bonds. The van der Waals surface area contributed by atoms with Gasteiger partial charge >= 0.3 is 0 Å². The SMILES string of the molecule is O=C1NCC(c2ccccc2)C1=Cc1ccc2c(/C=C/c3ccc(CC4CCOCC4)cc3)n[nH]c2c1. The van der Waals surface area contributed by atoms with Gasteiger partial charge in [-0.05, 0) is 71.7 Å². The molecule has 2 fully saturated rings. The standard InChI is InChI=1S/C32H31N3O2/c36-32-28(29(21-33-32)26-4-2-1-3-5-26)19-25-10-12-27-30(34-35-31(27)20-25)13-11-22-6-8-23(9-7-22)18-24-14-16-37-17-15-24/h1-13,19-20,24,29H,14-18,21H2,(H,33,36)(H,34,35)/b13-11+,28-19?. The van der Waals surface area contributed by atoms with E-state index in [2.05, 4.69) is 82.3 Å². The summed E-state index contributed by atoms with van der Waals surface area (Å²) in [7, 11) is 0. The van der Waals surface area contributed by atoms with Gasteiger partial charge in [0.25, 0.3) is 0 Å². The number of fused-ring (bicyclic) bond motifs is 1. The molecule has 1 atom stereocenters. The summed E-state index contributed by atoms with van der Waals surface area (Å²) in [5.41, 5.74) is 7.34. The van der Waals surface area contributed by atoms with Crippen molar-refractivity contribution in [3.8, 4) is 0 Å². The summed E-state index contributed by atoms with van der Waals surface area (Å²) in [6.45, 7) is 2.42. The minimum Gasteiger partial charge on any atom is -0.381 e. The predicted octanol–water partition coefficient (Wildman–Crippen LogP) is 6.00. The third kappa shape index (κ3) is 5.27. The average molecular weight is 490 g/mol. The Hall–Kier alpha value is -3.96. The highest BCUT2D eigenvalue weighted by molar-refractivity contribution is 6.02. The maximum atomic E-state index is 12.6. The molecule has 4 aromatic rings. The van der Waals surface area contributed by atoms with Crippen molar-refractivity contribution in [3.05, 3.63) is 106 Å². The molecule has 2 aliphatic heterocycles. The molecule has 5 heteroatoms. The molecule has 3 aromatic carbocycles. The summed E-state index contributed by atoms with van der Waals surface area (Å²) >= 11 is 0. The lowest BCUT2D eigenvalue weighted by atomic mass is 9.92. The molecule has 0 bridgehead atoms. The van der Waals surface area contributed by atoms with E-state index < -0.39 is 0 Å². The molecule has 186 valence electrons. The number of rotatable bonds is 6. The van der Waals surface area contributed by atoms with Crippen LogP contribution >= 0.6 is 0 Å². The molecule has 0 saturated carbocycles. The monoisotopic (exact) mass is 489 g/mol. The Morgan fingerprint density at radius 1 is 0.919 bits per heavy atom. The van der Waals surface area contributed by atoms with Crippen LogP contribution in [0.15, 0.2) is 78.4 Å². The fourth-order valence-electron chi connectivity index (χ4n) is 5.39.